The van der Waals surface area contributed by atoms with Crippen molar-refractivity contribution in [2.75, 3.05) is 7.11 Å². The van der Waals surface area contributed by atoms with Crippen LogP contribution in [0.2, 0.25) is 0 Å². The van der Waals surface area contributed by atoms with Crippen LogP contribution < -0.4 is 9.47 Å². The van der Waals surface area contributed by atoms with Crippen LogP contribution in [-0.4, -0.2) is 16.9 Å². The van der Waals surface area contributed by atoms with Gasteiger partial charge >= 0.3 is 0 Å². The molecule has 1 aliphatic rings. The smallest absolute Gasteiger partial charge is 0.221 e. The lowest BCUT2D eigenvalue weighted by molar-refractivity contribution is 0.155. The van der Waals surface area contributed by atoms with Gasteiger partial charge < -0.3 is 9.47 Å². The van der Waals surface area contributed by atoms with Gasteiger partial charge in [-0.2, -0.15) is 5.10 Å². The number of hydrogen-bond acceptors (Lipinski definition) is 3. The van der Waals surface area contributed by atoms with Gasteiger partial charge in [-0.15, -0.1) is 0 Å². The van der Waals surface area contributed by atoms with Gasteiger partial charge in [0.1, 0.15) is 11.9 Å². The SMILES string of the molecule is COc1ccc(C2CC(c3ccc(C)cc3)Oc3c2c(C)nn3-c2ccccc2)cc1. The fraction of sp³-hybridized carbons (Fsp3) is 0.222. The lowest BCUT2D eigenvalue weighted by atomic mass is 9.83. The van der Waals surface area contributed by atoms with Crippen molar-refractivity contribution in [1.82, 2.24) is 9.78 Å². The molecule has 4 aromatic rings. The summed E-state index contributed by atoms with van der Waals surface area (Å²) in [7, 11) is 1.70. The van der Waals surface area contributed by atoms with Gasteiger partial charge in [0.25, 0.3) is 0 Å². The van der Waals surface area contributed by atoms with Gasteiger partial charge in [0.2, 0.25) is 5.88 Å². The Kier molecular flexibility index (Phi) is 4.99. The number of nitrogens with zero attached hydrogens (tertiary/aromatic N) is 2. The molecule has 0 saturated carbocycles. The van der Waals surface area contributed by atoms with Crippen LogP contribution in [0.4, 0.5) is 0 Å². The maximum absolute atomic E-state index is 6.64. The predicted molar refractivity (Wildman–Crippen MR) is 122 cm³/mol. The molecule has 31 heavy (non-hydrogen) atoms. The van der Waals surface area contributed by atoms with Crippen molar-refractivity contribution in [3.8, 4) is 17.3 Å². The molecule has 0 bridgehead atoms. The fourth-order valence-corrected chi connectivity index (χ4v) is 4.42. The van der Waals surface area contributed by atoms with Gasteiger partial charge in [0.15, 0.2) is 0 Å². The third-order valence-electron chi connectivity index (χ3n) is 6.08. The Balaban J connectivity index is 1.64. The molecule has 5 rings (SSSR count). The average Bonchev–Trinajstić information content (AvgIpc) is 3.16. The van der Waals surface area contributed by atoms with E-state index < -0.39 is 0 Å². The van der Waals surface area contributed by atoms with Crippen molar-refractivity contribution >= 4 is 0 Å². The minimum Gasteiger partial charge on any atom is -0.497 e. The molecule has 2 atom stereocenters. The van der Waals surface area contributed by atoms with Crippen molar-refractivity contribution < 1.29 is 9.47 Å². The van der Waals surface area contributed by atoms with E-state index in [0.29, 0.717) is 0 Å². The molecule has 0 saturated heterocycles. The second-order valence-electron chi connectivity index (χ2n) is 8.13. The normalized spacial score (nSPS) is 17.6. The summed E-state index contributed by atoms with van der Waals surface area (Å²) in [6, 6.07) is 27.2. The topological polar surface area (TPSA) is 36.3 Å². The number of methoxy groups -OCH3 is 1. The first-order valence-electron chi connectivity index (χ1n) is 10.7. The third-order valence-corrected chi connectivity index (χ3v) is 6.08. The standard InChI is InChI=1S/C27H26N2O2/c1-18-9-11-21(12-10-18)25-17-24(20-13-15-23(30-3)16-14-20)26-19(2)28-29(27(26)31-25)22-7-5-4-6-8-22/h4-16,24-25H,17H2,1-3H3. The Morgan fingerprint density at radius 1 is 0.871 bits per heavy atom. The first-order chi connectivity index (χ1) is 15.1. The maximum atomic E-state index is 6.64. The molecule has 0 radical (unpaired) electrons. The molecule has 156 valence electrons. The Hall–Kier alpha value is -3.53. The van der Waals surface area contributed by atoms with E-state index in [-0.39, 0.29) is 12.0 Å². The molecule has 4 heteroatoms. The molecule has 0 aliphatic carbocycles. The maximum Gasteiger partial charge on any atom is 0.221 e. The fourth-order valence-electron chi connectivity index (χ4n) is 4.42. The Morgan fingerprint density at radius 2 is 1.55 bits per heavy atom. The summed E-state index contributed by atoms with van der Waals surface area (Å²) < 4.78 is 14.0. The highest BCUT2D eigenvalue weighted by molar-refractivity contribution is 5.49. The zero-order valence-electron chi connectivity index (χ0n) is 18.1. The first kappa shape index (κ1) is 19.4. The second-order valence-corrected chi connectivity index (χ2v) is 8.13. The summed E-state index contributed by atoms with van der Waals surface area (Å²) in [6.07, 6.45) is 0.822. The van der Waals surface area contributed by atoms with E-state index in [1.54, 1.807) is 7.11 Å². The molecule has 0 amide bonds. The zero-order valence-corrected chi connectivity index (χ0v) is 18.1. The highest BCUT2D eigenvalue weighted by Gasteiger charge is 2.35. The van der Waals surface area contributed by atoms with Gasteiger partial charge in [-0.05, 0) is 55.7 Å². The molecule has 4 nitrogen and oxygen atoms in total. The molecule has 0 fully saturated rings. The van der Waals surface area contributed by atoms with Crippen molar-refractivity contribution in [1.29, 1.82) is 0 Å². The zero-order chi connectivity index (χ0) is 21.4. The van der Waals surface area contributed by atoms with Crippen molar-refractivity contribution in [3.05, 3.63) is 107 Å². The first-order valence-corrected chi connectivity index (χ1v) is 10.7. The molecule has 3 aromatic carbocycles. The predicted octanol–water partition coefficient (Wildman–Crippen LogP) is 6.15. The van der Waals surface area contributed by atoms with Crippen LogP contribution in [0, 0.1) is 13.8 Å². The minimum absolute atomic E-state index is 0.0428. The second kappa shape index (κ2) is 7.95. The lowest BCUT2D eigenvalue weighted by Gasteiger charge is -2.31. The number of benzene rings is 3. The quantitative estimate of drug-likeness (QED) is 0.405. The minimum atomic E-state index is -0.0428. The van der Waals surface area contributed by atoms with Crippen LogP contribution in [-0.2, 0) is 0 Å². The van der Waals surface area contributed by atoms with Crippen LogP contribution in [0.5, 0.6) is 11.6 Å². The average molecular weight is 411 g/mol. The van der Waals surface area contributed by atoms with Gasteiger partial charge in [-0.25, -0.2) is 4.68 Å². The summed E-state index contributed by atoms with van der Waals surface area (Å²) in [4.78, 5) is 0. The van der Waals surface area contributed by atoms with Crippen molar-refractivity contribution in [3.63, 3.8) is 0 Å². The third kappa shape index (κ3) is 3.59. The Morgan fingerprint density at radius 3 is 2.23 bits per heavy atom. The Bertz CT molecular complexity index is 1180. The highest BCUT2D eigenvalue weighted by Crippen LogP contribution is 2.47. The molecule has 1 aromatic heterocycles. The van der Waals surface area contributed by atoms with Crippen LogP contribution in [0.15, 0.2) is 78.9 Å². The molecule has 2 heterocycles. The van der Waals surface area contributed by atoms with E-state index in [1.807, 2.05) is 35.0 Å². The molecular weight excluding hydrogens is 384 g/mol. The summed E-state index contributed by atoms with van der Waals surface area (Å²) in [5.74, 6) is 1.89. The van der Waals surface area contributed by atoms with Gasteiger partial charge in [-0.1, -0.05) is 60.2 Å². The molecule has 0 N–H and O–H groups in total. The number of hydrogen-bond donors (Lipinski definition) is 0. The molecule has 1 aliphatic heterocycles. The van der Waals surface area contributed by atoms with E-state index in [2.05, 4.69) is 62.4 Å². The summed E-state index contributed by atoms with van der Waals surface area (Å²) in [6.45, 7) is 4.18. The lowest BCUT2D eigenvalue weighted by Crippen LogP contribution is -2.21. The Labute approximate surface area is 183 Å². The van der Waals surface area contributed by atoms with Crippen LogP contribution >= 0.6 is 0 Å². The van der Waals surface area contributed by atoms with Crippen LogP contribution in [0.3, 0.4) is 0 Å². The van der Waals surface area contributed by atoms with Crippen LogP contribution in [0.1, 0.15) is 46.4 Å². The number of ether oxygens (including phenoxy) is 2. The monoisotopic (exact) mass is 410 g/mol. The summed E-state index contributed by atoms with van der Waals surface area (Å²) >= 11 is 0. The van der Waals surface area contributed by atoms with Gasteiger partial charge in [-0.3, -0.25) is 0 Å². The molecule has 0 spiro atoms. The van der Waals surface area contributed by atoms with Gasteiger partial charge in [0.05, 0.1) is 18.5 Å². The van der Waals surface area contributed by atoms with Gasteiger partial charge in [0, 0.05) is 11.5 Å². The number of aromatic nitrogens is 2. The molecular formula is C27H26N2O2. The van der Waals surface area contributed by atoms with E-state index in [0.717, 1.165) is 35.0 Å². The highest BCUT2D eigenvalue weighted by atomic mass is 16.5. The number of fused-ring (bicyclic) bond motifs is 1. The van der Waals surface area contributed by atoms with E-state index in [9.17, 15) is 0 Å². The van der Waals surface area contributed by atoms with Crippen molar-refractivity contribution in [2.24, 2.45) is 0 Å². The number of aryl methyl sites for hydroxylation is 2. The number of rotatable bonds is 4. The largest absolute Gasteiger partial charge is 0.497 e. The number of para-hydroxylation sites is 1. The summed E-state index contributed by atoms with van der Waals surface area (Å²) in [5.41, 5.74) is 6.85. The molecule has 2 unspecified atom stereocenters. The van der Waals surface area contributed by atoms with E-state index in [1.165, 1.54) is 16.7 Å². The van der Waals surface area contributed by atoms with E-state index in [4.69, 9.17) is 14.6 Å². The van der Waals surface area contributed by atoms with E-state index >= 15 is 0 Å². The van der Waals surface area contributed by atoms with Crippen LogP contribution in [0.25, 0.3) is 5.69 Å². The summed E-state index contributed by atoms with van der Waals surface area (Å²) in [5, 5.41) is 4.88. The van der Waals surface area contributed by atoms with Crippen molar-refractivity contribution in [2.45, 2.75) is 32.3 Å².